The van der Waals surface area contributed by atoms with E-state index in [1.165, 1.54) is 0 Å². The van der Waals surface area contributed by atoms with Crippen LogP contribution in [0.3, 0.4) is 0 Å². The van der Waals surface area contributed by atoms with Crippen LogP contribution in [0.4, 0.5) is 13.2 Å². The number of nitriles is 1. The van der Waals surface area contributed by atoms with Gasteiger partial charge in [-0.05, 0) is 38.5 Å². The molecule has 0 bridgehead atoms. The molecule has 1 saturated carbocycles. The summed E-state index contributed by atoms with van der Waals surface area (Å²) in [5.74, 6) is -1.71. The zero-order valence-corrected chi connectivity index (χ0v) is 11.3. The van der Waals surface area contributed by atoms with Crippen molar-refractivity contribution >= 4 is 5.91 Å². The molecule has 1 heterocycles. The van der Waals surface area contributed by atoms with Gasteiger partial charge in [-0.3, -0.25) is 4.79 Å². The molecule has 1 aliphatic heterocycles. The summed E-state index contributed by atoms with van der Waals surface area (Å²) in [7, 11) is 0. The molecule has 1 aliphatic carbocycles. The van der Waals surface area contributed by atoms with Crippen LogP contribution in [0.25, 0.3) is 0 Å². The van der Waals surface area contributed by atoms with Crippen LogP contribution >= 0.6 is 0 Å². The second kappa shape index (κ2) is 6.02. The lowest BCUT2D eigenvalue weighted by Gasteiger charge is -2.35. The summed E-state index contributed by atoms with van der Waals surface area (Å²) in [5, 5.41) is 8.91. The highest BCUT2D eigenvalue weighted by molar-refractivity contribution is 5.79. The first-order valence-corrected chi connectivity index (χ1v) is 7.17. The molecule has 2 rings (SSSR count). The van der Waals surface area contributed by atoms with Crippen LogP contribution in [-0.4, -0.2) is 30.1 Å². The number of hydrogen-bond acceptors (Lipinski definition) is 2. The molecular weight excluding hydrogens is 269 g/mol. The minimum atomic E-state index is -4.13. The average Bonchev–Trinajstić information content (AvgIpc) is 2.46. The number of likely N-dealkylation sites (tertiary alicyclic amines) is 1. The van der Waals surface area contributed by atoms with Crippen molar-refractivity contribution < 1.29 is 18.0 Å². The zero-order chi connectivity index (χ0) is 14.8. The van der Waals surface area contributed by atoms with E-state index in [0.29, 0.717) is 25.9 Å². The fourth-order valence-corrected chi connectivity index (χ4v) is 3.21. The van der Waals surface area contributed by atoms with E-state index in [1.54, 1.807) is 4.90 Å². The summed E-state index contributed by atoms with van der Waals surface area (Å²) < 4.78 is 37.8. The van der Waals surface area contributed by atoms with E-state index >= 15 is 0 Å². The molecule has 1 amide bonds. The van der Waals surface area contributed by atoms with Gasteiger partial charge in [0.15, 0.2) is 0 Å². The molecule has 2 fully saturated rings. The van der Waals surface area contributed by atoms with Crippen LogP contribution in [0, 0.1) is 29.1 Å². The number of halogens is 3. The predicted octanol–water partition coefficient (Wildman–Crippen LogP) is 3.12. The molecule has 20 heavy (non-hydrogen) atoms. The molecule has 112 valence electrons. The first-order chi connectivity index (χ1) is 9.41. The third-order valence-corrected chi connectivity index (χ3v) is 4.45. The van der Waals surface area contributed by atoms with Gasteiger partial charge in [0.05, 0.1) is 17.9 Å². The van der Waals surface area contributed by atoms with E-state index in [9.17, 15) is 18.0 Å². The van der Waals surface area contributed by atoms with Crippen LogP contribution in [-0.2, 0) is 4.79 Å². The van der Waals surface area contributed by atoms with Gasteiger partial charge in [-0.15, -0.1) is 0 Å². The first-order valence-electron chi connectivity index (χ1n) is 7.17. The van der Waals surface area contributed by atoms with E-state index in [1.807, 2.05) is 0 Å². The summed E-state index contributed by atoms with van der Waals surface area (Å²) in [6, 6.07) is 2.18. The van der Waals surface area contributed by atoms with Gasteiger partial charge in [0.25, 0.3) is 0 Å². The number of alkyl halides is 3. The van der Waals surface area contributed by atoms with Crippen molar-refractivity contribution in [3.05, 3.63) is 0 Å². The van der Waals surface area contributed by atoms with E-state index in [2.05, 4.69) is 6.07 Å². The van der Waals surface area contributed by atoms with Crippen molar-refractivity contribution in [1.82, 2.24) is 4.90 Å². The summed E-state index contributed by atoms with van der Waals surface area (Å²) >= 11 is 0. The van der Waals surface area contributed by atoms with Crippen LogP contribution in [0.15, 0.2) is 0 Å². The quantitative estimate of drug-likeness (QED) is 0.744. The minimum absolute atomic E-state index is 0.0504. The van der Waals surface area contributed by atoms with Crippen LogP contribution in [0.5, 0.6) is 0 Å². The van der Waals surface area contributed by atoms with Crippen molar-refractivity contribution in [2.45, 2.75) is 44.7 Å². The van der Waals surface area contributed by atoms with Crippen molar-refractivity contribution in [2.75, 3.05) is 13.1 Å². The Bertz CT molecular complexity index is 394. The second-order valence-corrected chi connectivity index (χ2v) is 5.84. The summed E-state index contributed by atoms with van der Waals surface area (Å²) in [4.78, 5) is 14.0. The molecule has 0 aromatic rings. The van der Waals surface area contributed by atoms with Crippen molar-refractivity contribution in [3.8, 4) is 6.07 Å². The Balaban J connectivity index is 1.87. The van der Waals surface area contributed by atoms with Crippen molar-refractivity contribution in [2.24, 2.45) is 17.8 Å². The van der Waals surface area contributed by atoms with E-state index in [-0.39, 0.29) is 30.6 Å². The van der Waals surface area contributed by atoms with Crippen molar-refractivity contribution in [3.63, 3.8) is 0 Å². The van der Waals surface area contributed by atoms with Gasteiger partial charge >= 0.3 is 6.18 Å². The number of piperidine rings is 1. The smallest absolute Gasteiger partial charge is 0.341 e. The molecule has 0 spiro atoms. The number of carbonyl (C=O) groups excluding carboxylic acids is 1. The first kappa shape index (κ1) is 15.1. The largest absolute Gasteiger partial charge is 0.391 e. The lowest BCUT2D eigenvalue weighted by atomic mass is 9.80. The molecule has 0 N–H and O–H groups in total. The summed E-state index contributed by atoms with van der Waals surface area (Å²) in [6.07, 6.45) is -1.79. The fourth-order valence-electron chi connectivity index (χ4n) is 3.21. The maximum absolute atomic E-state index is 12.6. The fraction of sp³-hybridized carbons (Fsp3) is 0.857. The summed E-state index contributed by atoms with van der Waals surface area (Å²) in [5.41, 5.74) is 0. The Morgan fingerprint density at radius 3 is 2.35 bits per heavy atom. The number of rotatable bonds is 1. The highest BCUT2D eigenvalue weighted by atomic mass is 19.4. The van der Waals surface area contributed by atoms with Gasteiger partial charge in [0, 0.05) is 19.0 Å². The van der Waals surface area contributed by atoms with Gasteiger partial charge in [-0.2, -0.15) is 18.4 Å². The van der Waals surface area contributed by atoms with Crippen LogP contribution in [0.2, 0.25) is 0 Å². The van der Waals surface area contributed by atoms with Gasteiger partial charge in [-0.25, -0.2) is 0 Å². The van der Waals surface area contributed by atoms with Gasteiger partial charge in [-0.1, -0.05) is 0 Å². The number of hydrogen-bond donors (Lipinski definition) is 0. The molecule has 1 saturated heterocycles. The molecule has 6 heteroatoms. The monoisotopic (exact) mass is 288 g/mol. The maximum atomic E-state index is 12.6. The van der Waals surface area contributed by atoms with E-state index in [4.69, 9.17) is 5.26 Å². The van der Waals surface area contributed by atoms with E-state index < -0.39 is 12.1 Å². The average molecular weight is 288 g/mol. The SMILES string of the molecule is N#CC1CCCN(C(=O)C2CCC(C(F)(F)F)CC2)C1. The van der Waals surface area contributed by atoms with Gasteiger partial charge in [0.2, 0.25) is 5.91 Å². The number of carbonyl (C=O) groups is 1. The topological polar surface area (TPSA) is 44.1 Å². The molecule has 2 aliphatic rings. The molecule has 1 atom stereocenters. The Labute approximate surface area is 116 Å². The van der Waals surface area contributed by atoms with Gasteiger partial charge in [0.1, 0.15) is 0 Å². The van der Waals surface area contributed by atoms with Crippen LogP contribution < -0.4 is 0 Å². The predicted molar refractivity (Wildman–Crippen MR) is 66.4 cm³/mol. The molecule has 1 unspecified atom stereocenters. The number of nitrogens with zero attached hydrogens (tertiary/aromatic N) is 2. The third kappa shape index (κ3) is 3.44. The second-order valence-electron chi connectivity index (χ2n) is 5.84. The molecule has 3 nitrogen and oxygen atoms in total. The zero-order valence-electron chi connectivity index (χ0n) is 11.3. The summed E-state index contributed by atoms with van der Waals surface area (Å²) in [6.45, 7) is 1.07. The van der Waals surface area contributed by atoms with E-state index in [0.717, 1.165) is 12.8 Å². The third-order valence-electron chi connectivity index (χ3n) is 4.45. The van der Waals surface area contributed by atoms with Gasteiger partial charge < -0.3 is 4.90 Å². The molecular formula is C14H19F3N2O. The van der Waals surface area contributed by atoms with Crippen molar-refractivity contribution in [1.29, 1.82) is 5.26 Å². The molecule has 0 radical (unpaired) electrons. The lowest BCUT2D eigenvalue weighted by molar-refractivity contribution is -0.185. The normalized spacial score (nSPS) is 31.7. The molecule has 0 aromatic carbocycles. The molecule has 0 aromatic heterocycles. The Morgan fingerprint density at radius 2 is 1.80 bits per heavy atom. The number of amides is 1. The minimum Gasteiger partial charge on any atom is -0.341 e. The highest BCUT2D eigenvalue weighted by Crippen LogP contribution is 2.40. The highest BCUT2D eigenvalue weighted by Gasteiger charge is 2.43. The van der Waals surface area contributed by atoms with Crippen LogP contribution in [0.1, 0.15) is 38.5 Å². The standard InChI is InChI=1S/C14H19F3N2O/c15-14(16,17)12-5-3-11(4-6-12)13(20)19-7-1-2-10(8-18)9-19/h10-12H,1-7,9H2. The lowest BCUT2D eigenvalue weighted by Crippen LogP contribution is -2.44. The Kier molecular flexibility index (Phi) is 4.56. The Morgan fingerprint density at radius 1 is 1.15 bits per heavy atom. The Hall–Kier alpha value is -1.25. The maximum Gasteiger partial charge on any atom is 0.391 e.